The van der Waals surface area contributed by atoms with Crippen LogP contribution in [-0.4, -0.2) is 75.0 Å². The highest BCUT2D eigenvalue weighted by Crippen LogP contribution is 2.25. The van der Waals surface area contributed by atoms with Crippen LogP contribution in [0.15, 0.2) is 49.1 Å². The van der Waals surface area contributed by atoms with Crippen molar-refractivity contribution in [3.05, 3.63) is 54.9 Å². The first-order chi connectivity index (χ1) is 15.7. The van der Waals surface area contributed by atoms with E-state index in [4.69, 9.17) is 0 Å². The van der Waals surface area contributed by atoms with E-state index in [9.17, 15) is 9.18 Å². The van der Waals surface area contributed by atoms with Crippen molar-refractivity contribution in [2.24, 2.45) is 5.92 Å². The first-order valence-electron chi connectivity index (χ1n) is 10.9. The van der Waals surface area contributed by atoms with Crippen molar-refractivity contribution in [1.29, 1.82) is 0 Å². The molecule has 2 aromatic heterocycles. The summed E-state index contributed by atoms with van der Waals surface area (Å²) in [6.07, 6.45) is 4.66. The lowest BCUT2D eigenvalue weighted by atomic mass is 9.95. The number of hydrogen-bond donors (Lipinski definition) is 0. The van der Waals surface area contributed by atoms with Crippen molar-refractivity contribution in [3.63, 3.8) is 0 Å². The van der Waals surface area contributed by atoms with Crippen LogP contribution >= 0.6 is 0 Å². The van der Waals surface area contributed by atoms with Crippen LogP contribution in [0.25, 0.3) is 5.82 Å². The lowest BCUT2D eigenvalue weighted by Crippen LogP contribution is -2.51. The van der Waals surface area contributed by atoms with Gasteiger partial charge in [0.15, 0.2) is 11.6 Å². The number of piperazine rings is 1. The molecule has 0 spiro atoms. The molecule has 32 heavy (non-hydrogen) atoms. The van der Waals surface area contributed by atoms with Gasteiger partial charge in [0.05, 0.1) is 0 Å². The Morgan fingerprint density at radius 3 is 2.16 bits per heavy atom. The van der Waals surface area contributed by atoms with Crippen molar-refractivity contribution < 1.29 is 9.18 Å². The molecule has 0 bridgehead atoms. The maximum atomic E-state index is 13.2. The van der Waals surface area contributed by atoms with Gasteiger partial charge in [-0.05, 0) is 49.2 Å². The van der Waals surface area contributed by atoms with Gasteiger partial charge in [-0.15, -0.1) is 10.2 Å². The Morgan fingerprint density at radius 1 is 0.844 bits per heavy atom. The Bertz CT molecular complexity index is 1020. The van der Waals surface area contributed by atoms with E-state index in [2.05, 4.69) is 30.1 Å². The van der Waals surface area contributed by atoms with Crippen LogP contribution in [0.3, 0.4) is 0 Å². The first-order valence-corrected chi connectivity index (χ1v) is 10.9. The molecule has 0 atom stereocenters. The minimum absolute atomic E-state index is 0.0472. The molecule has 10 heteroatoms. The van der Waals surface area contributed by atoms with E-state index >= 15 is 0 Å². The van der Waals surface area contributed by atoms with Gasteiger partial charge in [0, 0.05) is 50.9 Å². The van der Waals surface area contributed by atoms with Crippen LogP contribution in [0.1, 0.15) is 12.8 Å². The first kappa shape index (κ1) is 20.3. The number of piperidine rings is 1. The van der Waals surface area contributed by atoms with E-state index < -0.39 is 0 Å². The van der Waals surface area contributed by atoms with Crippen molar-refractivity contribution in [2.45, 2.75) is 12.8 Å². The van der Waals surface area contributed by atoms with E-state index in [-0.39, 0.29) is 17.6 Å². The molecule has 1 amide bonds. The van der Waals surface area contributed by atoms with Gasteiger partial charge in [-0.3, -0.25) is 4.79 Å². The third-order valence-corrected chi connectivity index (χ3v) is 6.24. The topological polar surface area (TPSA) is 83.3 Å². The van der Waals surface area contributed by atoms with Crippen LogP contribution in [-0.2, 0) is 4.79 Å². The van der Waals surface area contributed by atoms with Crippen molar-refractivity contribution in [1.82, 2.24) is 29.9 Å². The number of halogens is 1. The maximum Gasteiger partial charge on any atom is 0.225 e. The fourth-order valence-electron chi connectivity index (χ4n) is 4.39. The zero-order valence-electron chi connectivity index (χ0n) is 17.7. The van der Waals surface area contributed by atoms with Gasteiger partial charge in [0.2, 0.25) is 5.91 Å². The summed E-state index contributed by atoms with van der Waals surface area (Å²) in [7, 11) is 0. The molecular weight excluding hydrogens is 411 g/mol. The normalized spacial score (nSPS) is 17.6. The van der Waals surface area contributed by atoms with Gasteiger partial charge in [0.1, 0.15) is 18.5 Å². The maximum absolute atomic E-state index is 13.2. The quantitative estimate of drug-likeness (QED) is 0.616. The second kappa shape index (κ2) is 8.89. The highest BCUT2D eigenvalue weighted by atomic mass is 19.1. The number of carbonyl (C=O) groups excluding carboxylic acids is 1. The summed E-state index contributed by atoms with van der Waals surface area (Å²) in [4.78, 5) is 23.3. The molecule has 0 saturated carbocycles. The summed E-state index contributed by atoms with van der Waals surface area (Å²) >= 11 is 0. The molecule has 2 fully saturated rings. The van der Waals surface area contributed by atoms with Gasteiger partial charge in [-0.2, -0.15) is 5.10 Å². The Kier molecular flexibility index (Phi) is 5.66. The molecule has 166 valence electrons. The number of amides is 1. The molecule has 2 aliphatic heterocycles. The van der Waals surface area contributed by atoms with E-state index in [1.807, 2.05) is 17.0 Å². The third kappa shape index (κ3) is 4.25. The molecule has 0 radical (unpaired) electrons. The predicted octanol–water partition coefficient (Wildman–Crippen LogP) is 1.76. The second-order valence-electron chi connectivity index (χ2n) is 8.14. The van der Waals surface area contributed by atoms with Crippen LogP contribution < -0.4 is 9.80 Å². The van der Waals surface area contributed by atoms with Crippen molar-refractivity contribution >= 4 is 17.4 Å². The number of aromatic nitrogens is 5. The monoisotopic (exact) mass is 436 g/mol. The van der Waals surface area contributed by atoms with Gasteiger partial charge in [-0.1, -0.05) is 0 Å². The van der Waals surface area contributed by atoms with E-state index in [1.54, 1.807) is 23.1 Å². The minimum atomic E-state index is -0.231. The van der Waals surface area contributed by atoms with E-state index in [1.165, 1.54) is 18.5 Å². The van der Waals surface area contributed by atoms with Gasteiger partial charge in [-0.25, -0.2) is 14.1 Å². The third-order valence-electron chi connectivity index (χ3n) is 6.24. The smallest absolute Gasteiger partial charge is 0.225 e. The molecule has 3 aromatic rings. The molecule has 5 rings (SSSR count). The zero-order chi connectivity index (χ0) is 21.9. The Balaban J connectivity index is 1.12. The molecule has 0 unspecified atom stereocenters. The number of hydrogen-bond acceptors (Lipinski definition) is 7. The Morgan fingerprint density at radius 2 is 1.53 bits per heavy atom. The van der Waals surface area contributed by atoms with E-state index in [0.717, 1.165) is 50.5 Å². The molecule has 2 aliphatic rings. The zero-order valence-corrected chi connectivity index (χ0v) is 17.7. The summed E-state index contributed by atoms with van der Waals surface area (Å²) in [6.45, 7) is 4.50. The van der Waals surface area contributed by atoms with Gasteiger partial charge in [0.25, 0.3) is 0 Å². The predicted molar refractivity (Wildman–Crippen MR) is 117 cm³/mol. The lowest BCUT2D eigenvalue weighted by molar-refractivity contribution is -0.136. The van der Waals surface area contributed by atoms with E-state index in [0.29, 0.717) is 18.9 Å². The highest BCUT2D eigenvalue weighted by Gasteiger charge is 2.31. The number of anilines is 2. The summed E-state index contributed by atoms with van der Waals surface area (Å²) in [5, 5.41) is 12.6. The number of rotatable bonds is 4. The van der Waals surface area contributed by atoms with Gasteiger partial charge >= 0.3 is 0 Å². The van der Waals surface area contributed by atoms with Crippen LogP contribution in [0.4, 0.5) is 15.9 Å². The number of nitrogens with zero attached hydrogens (tertiary/aromatic N) is 8. The Labute approximate surface area is 185 Å². The number of benzene rings is 1. The highest BCUT2D eigenvalue weighted by molar-refractivity contribution is 5.79. The molecule has 9 nitrogen and oxygen atoms in total. The number of carbonyl (C=O) groups is 1. The minimum Gasteiger partial charge on any atom is -0.368 e. The summed E-state index contributed by atoms with van der Waals surface area (Å²) in [6, 6.07) is 10.4. The molecule has 4 heterocycles. The fraction of sp³-hybridized carbons (Fsp3) is 0.409. The molecule has 0 N–H and O–H groups in total. The van der Waals surface area contributed by atoms with Crippen molar-refractivity contribution in [2.75, 3.05) is 49.1 Å². The van der Waals surface area contributed by atoms with Crippen LogP contribution in [0, 0.1) is 11.7 Å². The van der Waals surface area contributed by atoms with Crippen LogP contribution in [0.5, 0.6) is 0 Å². The van der Waals surface area contributed by atoms with Crippen molar-refractivity contribution in [3.8, 4) is 5.82 Å². The Hall–Kier alpha value is -3.56. The summed E-state index contributed by atoms with van der Waals surface area (Å²) < 4.78 is 14.7. The fourth-order valence-corrected chi connectivity index (χ4v) is 4.39. The SMILES string of the molecule is O=C(C1CCN(c2ccc(-n3cncn3)nn2)CC1)N1CCN(c2ccc(F)cc2)CC1. The molecular formula is C22H25FN8O. The largest absolute Gasteiger partial charge is 0.368 e. The summed E-state index contributed by atoms with van der Waals surface area (Å²) in [5.41, 5.74) is 1.00. The molecule has 1 aromatic carbocycles. The second-order valence-corrected chi connectivity index (χ2v) is 8.14. The summed E-state index contributed by atoms with van der Waals surface area (Å²) in [5.74, 6) is 1.50. The molecule has 2 saturated heterocycles. The average molecular weight is 436 g/mol. The lowest BCUT2D eigenvalue weighted by Gasteiger charge is -2.39. The van der Waals surface area contributed by atoms with Crippen LogP contribution in [0.2, 0.25) is 0 Å². The molecule has 0 aliphatic carbocycles. The van der Waals surface area contributed by atoms with Gasteiger partial charge < -0.3 is 14.7 Å². The average Bonchev–Trinajstić information content (AvgIpc) is 3.40. The standard InChI is InChI=1S/C22H25FN8O/c23-18-1-3-19(4-2-18)28-11-13-30(14-12-28)22(32)17-7-9-29(10-8-17)20-5-6-21(27-26-20)31-16-24-15-25-31/h1-6,15-17H,7-14H2.